The fourth-order valence-electron chi connectivity index (χ4n) is 2.23. The van der Waals surface area contributed by atoms with Crippen LogP contribution >= 0.6 is 0 Å². The topological polar surface area (TPSA) is 37.4 Å². The number of carbonyl (C=O) groups excluding carboxylic acids is 2. The Kier molecular flexibility index (Phi) is 7.63. The maximum Gasteiger partial charge on any atom is 0.222 e. The van der Waals surface area contributed by atoms with Crippen molar-refractivity contribution in [2.24, 2.45) is 0 Å². The van der Waals surface area contributed by atoms with E-state index < -0.39 is 0 Å². The first kappa shape index (κ1) is 16.4. The van der Waals surface area contributed by atoms with Crippen LogP contribution in [0.3, 0.4) is 0 Å². The van der Waals surface area contributed by atoms with E-state index in [1.807, 2.05) is 35.2 Å². The highest BCUT2D eigenvalue weighted by molar-refractivity contribution is 5.96. The molecule has 0 heterocycles. The summed E-state index contributed by atoms with van der Waals surface area (Å²) in [6.07, 6.45) is 3.51. The summed E-state index contributed by atoms with van der Waals surface area (Å²) >= 11 is 0. The highest BCUT2D eigenvalue weighted by Crippen LogP contribution is 2.08. The first-order chi connectivity index (χ1) is 9.69. The summed E-state index contributed by atoms with van der Waals surface area (Å²) in [6.45, 7) is 5.79. The maximum atomic E-state index is 12.1. The SMILES string of the molecule is CCCN(CCC)C(=O)CCCC(=O)c1ccccc1. The Morgan fingerprint density at radius 3 is 2.10 bits per heavy atom. The normalized spacial score (nSPS) is 10.3. The standard InChI is InChI=1S/C17H25NO2/c1-3-13-18(14-4-2)17(20)12-8-11-16(19)15-9-6-5-7-10-15/h5-7,9-10H,3-4,8,11-14H2,1-2H3. The summed E-state index contributed by atoms with van der Waals surface area (Å²) in [5.74, 6) is 0.297. The van der Waals surface area contributed by atoms with Gasteiger partial charge in [-0.2, -0.15) is 0 Å². The van der Waals surface area contributed by atoms with E-state index in [0.717, 1.165) is 31.5 Å². The van der Waals surface area contributed by atoms with Crippen LogP contribution in [0, 0.1) is 0 Å². The molecule has 0 aliphatic rings. The van der Waals surface area contributed by atoms with E-state index in [0.29, 0.717) is 19.3 Å². The number of benzene rings is 1. The molecule has 0 N–H and O–H groups in total. The molecule has 1 aromatic carbocycles. The Morgan fingerprint density at radius 2 is 1.55 bits per heavy atom. The van der Waals surface area contributed by atoms with E-state index in [4.69, 9.17) is 0 Å². The van der Waals surface area contributed by atoms with E-state index in [9.17, 15) is 9.59 Å². The van der Waals surface area contributed by atoms with Gasteiger partial charge in [-0.05, 0) is 19.3 Å². The lowest BCUT2D eigenvalue weighted by Crippen LogP contribution is -2.32. The van der Waals surface area contributed by atoms with Crippen LogP contribution in [0.5, 0.6) is 0 Å². The van der Waals surface area contributed by atoms with Crippen LogP contribution in [0.2, 0.25) is 0 Å². The molecule has 0 aliphatic heterocycles. The molecular weight excluding hydrogens is 250 g/mol. The van der Waals surface area contributed by atoms with Crippen molar-refractivity contribution < 1.29 is 9.59 Å². The van der Waals surface area contributed by atoms with Crippen molar-refractivity contribution in [1.29, 1.82) is 0 Å². The Labute approximate surface area is 122 Å². The molecule has 0 saturated carbocycles. The fraction of sp³-hybridized carbons (Fsp3) is 0.529. The third kappa shape index (κ3) is 5.55. The molecule has 0 bridgehead atoms. The lowest BCUT2D eigenvalue weighted by atomic mass is 10.1. The molecule has 0 aliphatic carbocycles. The third-order valence-corrected chi connectivity index (χ3v) is 3.23. The van der Waals surface area contributed by atoms with E-state index >= 15 is 0 Å². The first-order valence-electron chi connectivity index (χ1n) is 7.55. The number of hydrogen-bond acceptors (Lipinski definition) is 2. The predicted octanol–water partition coefficient (Wildman–Crippen LogP) is 3.69. The van der Waals surface area contributed by atoms with Crippen molar-refractivity contribution in [3.63, 3.8) is 0 Å². The minimum absolute atomic E-state index is 0.121. The van der Waals surface area contributed by atoms with Gasteiger partial charge < -0.3 is 4.90 Å². The van der Waals surface area contributed by atoms with Crippen LogP contribution in [0.25, 0.3) is 0 Å². The van der Waals surface area contributed by atoms with Gasteiger partial charge in [0.2, 0.25) is 5.91 Å². The molecule has 1 rings (SSSR count). The van der Waals surface area contributed by atoms with Gasteiger partial charge in [0, 0.05) is 31.5 Å². The van der Waals surface area contributed by atoms with Crippen LogP contribution < -0.4 is 0 Å². The van der Waals surface area contributed by atoms with Crippen LogP contribution in [-0.2, 0) is 4.79 Å². The van der Waals surface area contributed by atoms with Gasteiger partial charge >= 0.3 is 0 Å². The molecule has 1 aromatic rings. The molecule has 0 spiro atoms. The van der Waals surface area contributed by atoms with E-state index in [-0.39, 0.29) is 11.7 Å². The quantitative estimate of drug-likeness (QED) is 0.645. The molecule has 0 atom stereocenters. The molecule has 1 amide bonds. The van der Waals surface area contributed by atoms with Gasteiger partial charge in [-0.3, -0.25) is 9.59 Å². The number of ketones is 1. The molecule has 0 saturated heterocycles. The minimum Gasteiger partial charge on any atom is -0.343 e. The zero-order valence-electron chi connectivity index (χ0n) is 12.6. The number of amides is 1. The Balaban J connectivity index is 2.35. The van der Waals surface area contributed by atoms with Gasteiger partial charge in [-0.15, -0.1) is 0 Å². The second-order valence-electron chi connectivity index (χ2n) is 5.02. The van der Waals surface area contributed by atoms with E-state index in [2.05, 4.69) is 13.8 Å². The maximum absolute atomic E-state index is 12.1. The lowest BCUT2D eigenvalue weighted by molar-refractivity contribution is -0.131. The second kappa shape index (κ2) is 9.29. The average molecular weight is 275 g/mol. The Morgan fingerprint density at radius 1 is 0.950 bits per heavy atom. The zero-order valence-corrected chi connectivity index (χ0v) is 12.6. The fourth-order valence-corrected chi connectivity index (χ4v) is 2.23. The number of nitrogens with zero attached hydrogens (tertiary/aromatic N) is 1. The van der Waals surface area contributed by atoms with Crippen molar-refractivity contribution in [2.45, 2.75) is 46.0 Å². The number of hydrogen-bond donors (Lipinski definition) is 0. The average Bonchev–Trinajstić information content (AvgIpc) is 2.47. The summed E-state index contributed by atoms with van der Waals surface area (Å²) in [7, 11) is 0. The Hall–Kier alpha value is -1.64. The molecule has 0 fully saturated rings. The van der Waals surface area contributed by atoms with Crippen molar-refractivity contribution in [1.82, 2.24) is 4.90 Å². The Bertz CT molecular complexity index is 408. The van der Waals surface area contributed by atoms with Crippen LogP contribution in [0.15, 0.2) is 30.3 Å². The lowest BCUT2D eigenvalue weighted by Gasteiger charge is -2.21. The van der Waals surface area contributed by atoms with Crippen molar-refractivity contribution >= 4 is 11.7 Å². The summed E-state index contributed by atoms with van der Waals surface area (Å²) < 4.78 is 0. The number of rotatable bonds is 9. The third-order valence-electron chi connectivity index (χ3n) is 3.23. The van der Waals surface area contributed by atoms with Crippen molar-refractivity contribution in [3.8, 4) is 0 Å². The van der Waals surface area contributed by atoms with E-state index in [1.54, 1.807) is 0 Å². The van der Waals surface area contributed by atoms with Gasteiger partial charge in [0.15, 0.2) is 5.78 Å². The minimum atomic E-state index is 0.121. The highest BCUT2D eigenvalue weighted by Gasteiger charge is 2.12. The molecule has 20 heavy (non-hydrogen) atoms. The smallest absolute Gasteiger partial charge is 0.222 e. The predicted molar refractivity (Wildman–Crippen MR) is 81.8 cm³/mol. The number of carbonyl (C=O) groups is 2. The van der Waals surface area contributed by atoms with Gasteiger partial charge in [-0.25, -0.2) is 0 Å². The summed E-state index contributed by atoms with van der Waals surface area (Å²) in [6, 6.07) is 9.27. The van der Waals surface area contributed by atoms with Gasteiger partial charge in [0.25, 0.3) is 0 Å². The molecule has 0 aromatic heterocycles. The summed E-state index contributed by atoms with van der Waals surface area (Å²) in [5.41, 5.74) is 0.735. The first-order valence-corrected chi connectivity index (χ1v) is 7.55. The van der Waals surface area contributed by atoms with Gasteiger partial charge in [0.05, 0.1) is 0 Å². The summed E-state index contributed by atoms with van der Waals surface area (Å²) in [5, 5.41) is 0. The molecular formula is C17H25NO2. The zero-order chi connectivity index (χ0) is 14.8. The molecule has 3 nitrogen and oxygen atoms in total. The van der Waals surface area contributed by atoms with Gasteiger partial charge in [-0.1, -0.05) is 44.2 Å². The summed E-state index contributed by atoms with van der Waals surface area (Å²) in [4.78, 5) is 25.9. The highest BCUT2D eigenvalue weighted by atomic mass is 16.2. The number of Topliss-reactive ketones (excluding diaryl/α,β-unsaturated/α-hetero) is 1. The molecule has 0 unspecified atom stereocenters. The van der Waals surface area contributed by atoms with Crippen LogP contribution in [0.4, 0.5) is 0 Å². The van der Waals surface area contributed by atoms with E-state index in [1.165, 1.54) is 0 Å². The molecule has 110 valence electrons. The molecule has 3 heteroatoms. The largest absolute Gasteiger partial charge is 0.343 e. The van der Waals surface area contributed by atoms with Crippen LogP contribution in [-0.4, -0.2) is 29.7 Å². The molecule has 0 radical (unpaired) electrons. The monoisotopic (exact) mass is 275 g/mol. The van der Waals surface area contributed by atoms with Crippen molar-refractivity contribution in [3.05, 3.63) is 35.9 Å². The second-order valence-corrected chi connectivity index (χ2v) is 5.02. The van der Waals surface area contributed by atoms with Crippen molar-refractivity contribution in [2.75, 3.05) is 13.1 Å². The van der Waals surface area contributed by atoms with Gasteiger partial charge in [0.1, 0.15) is 0 Å². The van der Waals surface area contributed by atoms with Crippen LogP contribution in [0.1, 0.15) is 56.3 Å².